The van der Waals surface area contributed by atoms with Gasteiger partial charge in [0.1, 0.15) is 0 Å². The third-order valence-electron chi connectivity index (χ3n) is 4.52. The lowest BCUT2D eigenvalue weighted by molar-refractivity contribution is 0.102. The van der Waals surface area contributed by atoms with Gasteiger partial charge in [0.05, 0.1) is 4.90 Å². The minimum atomic E-state index is -3.73. The minimum Gasteiger partial charge on any atom is -0.504 e. The average Bonchev–Trinajstić information content (AvgIpc) is 3.17. The molecule has 144 valence electrons. The van der Waals surface area contributed by atoms with E-state index < -0.39 is 15.9 Å². The molecular weight excluding hydrogens is 398 g/mol. The quantitative estimate of drug-likeness (QED) is 0.683. The lowest BCUT2D eigenvalue weighted by atomic mass is 10.1. The molecule has 7 nitrogen and oxygen atoms in total. The monoisotopic (exact) mass is 415 g/mol. The highest BCUT2D eigenvalue weighted by Gasteiger charge is 2.29. The highest BCUT2D eigenvalue weighted by Crippen LogP contribution is 2.28. The van der Waals surface area contributed by atoms with Crippen LogP contribution in [0.2, 0.25) is 0 Å². The van der Waals surface area contributed by atoms with Gasteiger partial charge in [0, 0.05) is 29.7 Å². The summed E-state index contributed by atoms with van der Waals surface area (Å²) in [5.41, 5.74) is 1.19. The Labute approximate surface area is 166 Å². The largest absolute Gasteiger partial charge is 0.504 e. The highest BCUT2D eigenvalue weighted by atomic mass is 32.2. The Hall–Kier alpha value is -2.75. The van der Waals surface area contributed by atoms with E-state index in [1.54, 1.807) is 11.3 Å². The van der Waals surface area contributed by atoms with Crippen molar-refractivity contribution in [2.45, 2.75) is 17.9 Å². The van der Waals surface area contributed by atoms with Crippen LogP contribution in [0.1, 0.15) is 20.8 Å². The standard InChI is InChI=1S/C19H17N3O4S2/c23-16-5-2-8-20-18(16)21-19(24)13-3-1-4-15(11-13)28(25,26)22-9-6-17-14(12-22)7-10-27-17/h1-5,7-8,10-11,23H,6,9,12H2,(H,20,21,24). The van der Waals surface area contributed by atoms with Gasteiger partial charge < -0.3 is 10.4 Å². The lowest BCUT2D eigenvalue weighted by Crippen LogP contribution is -2.35. The number of anilines is 1. The second-order valence-corrected chi connectivity index (χ2v) is 9.25. The number of pyridine rings is 1. The fourth-order valence-electron chi connectivity index (χ4n) is 3.05. The Morgan fingerprint density at radius 2 is 2.07 bits per heavy atom. The molecule has 0 bridgehead atoms. The first kappa shape index (κ1) is 18.6. The van der Waals surface area contributed by atoms with Crippen molar-refractivity contribution in [1.82, 2.24) is 9.29 Å². The smallest absolute Gasteiger partial charge is 0.256 e. The number of nitrogens with zero attached hydrogens (tertiary/aromatic N) is 2. The van der Waals surface area contributed by atoms with Gasteiger partial charge in [-0.15, -0.1) is 11.3 Å². The predicted octanol–water partition coefficient (Wildman–Crippen LogP) is 2.85. The summed E-state index contributed by atoms with van der Waals surface area (Å²) < 4.78 is 27.5. The van der Waals surface area contributed by atoms with Gasteiger partial charge in [-0.25, -0.2) is 13.4 Å². The van der Waals surface area contributed by atoms with Crippen LogP contribution in [0.5, 0.6) is 5.75 Å². The zero-order chi connectivity index (χ0) is 19.7. The number of aromatic hydroxyl groups is 1. The van der Waals surface area contributed by atoms with Crippen molar-refractivity contribution in [3.8, 4) is 5.75 Å². The van der Waals surface area contributed by atoms with Crippen molar-refractivity contribution >= 4 is 33.1 Å². The summed E-state index contributed by atoms with van der Waals surface area (Å²) in [5, 5.41) is 14.2. The van der Waals surface area contributed by atoms with Crippen molar-refractivity contribution in [2.24, 2.45) is 0 Å². The maximum Gasteiger partial charge on any atom is 0.256 e. The van der Waals surface area contributed by atoms with Gasteiger partial charge in [0.25, 0.3) is 5.91 Å². The molecule has 3 heterocycles. The zero-order valence-electron chi connectivity index (χ0n) is 14.7. The zero-order valence-corrected chi connectivity index (χ0v) is 16.3. The average molecular weight is 415 g/mol. The van der Waals surface area contributed by atoms with Crippen molar-refractivity contribution in [1.29, 1.82) is 0 Å². The van der Waals surface area contributed by atoms with Crippen LogP contribution >= 0.6 is 11.3 Å². The molecule has 0 unspecified atom stereocenters. The molecule has 0 aliphatic carbocycles. The normalized spacial score (nSPS) is 14.4. The number of rotatable bonds is 4. The molecule has 0 saturated carbocycles. The lowest BCUT2D eigenvalue weighted by Gasteiger charge is -2.26. The van der Waals surface area contributed by atoms with Crippen LogP contribution in [0.25, 0.3) is 0 Å². The number of hydrogen-bond donors (Lipinski definition) is 2. The van der Waals surface area contributed by atoms with Crippen LogP contribution in [0.4, 0.5) is 5.82 Å². The summed E-state index contributed by atoms with van der Waals surface area (Å²) in [4.78, 5) is 17.7. The Bertz CT molecular complexity index is 1140. The molecule has 9 heteroatoms. The van der Waals surface area contributed by atoms with Crippen LogP contribution in [-0.4, -0.2) is 35.3 Å². The number of nitrogens with one attached hydrogen (secondary N) is 1. The molecule has 0 radical (unpaired) electrons. The van der Waals surface area contributed by atoms with E-state index in [9.17, 15) is 18.3 Å². The Morgan fingerprint density at radius 3 is 2.89 bits per heavy atom. The molecule has 0 spiro atoms. The second kappa shape index (κ2) is 7.34. The van der Waals surface area contributed by atoms with Crippen molar-refractivity contribution in [2.75, 3.05) is 11.9 Å². The maximum atomic E-state index is 13.1. The third-order valence-corrected chi connectivity index (χ3v) is 7.39. The number of carbonyl (C=O) groups is 1. The number of hydrogen-bond acceptors (Lipinski definition) is 6. The Morgan fingerprint density at radius 1 is 1.21 bits per heavy atom. The maximum absolute atomic E-state index is 13.1. The van der Waals surface area contributed by atoms with E-state index in [1.807, 2.05) is 11.4 Å². The second-order valence-electron chi connectivity index (χ2n) is 6.31. The number of thiophene rings is 1. The van der Waals surface area contributed by atoms with Crippen LogP contribution < -0.4 is 5.32 Å². The summed E-state index contributed by atoms with van der Waals surface area (Å²) in [5.74, 6) is -0.703. The number of fused-ring (bicyclic) bond motifs is 1. The molecule has 0 saturated heterocycles. The van der Waals surface area contributed by atoms with Crippen LogP contribution in [0, 0.1) is 0 Å². The SMILES string of the molecule is O=C(Nc1ncccc1O)c1cccc(S(=O)(=O)N2CCc3sccc3C2)c1. The number of aromatic nitrogens is 1. The van der Waals surface area contributed by atoms with Gasteiger partial charge in [0.2, 0.25) is 10.0 Å². The Kier molecular flexibility index (Phi) is 4.88. The van der Waals surface area contributed by atoms with E-state index in [4.69, 9.17) is 0 Å². The molecule has 4 rings (SSSR count). The first-order valence-electron chi connectivity index (χ1n) is 8.56. The van der Waals surface area contributed by atoms with Crippen LogP contribution in [-0.2, 0) is 23.0 Å². The van der Waals surface area contributed by atoms with Crippen molar-refractivity contribution in [3.05, 3.63) is 70.0 Å². The number of benzene rings is 1. The van der Waals surface area contributed by atoms with E-state index in [2.05, 4.69) is 10.3 Å². The molecule has 0 fully saturated rings. The van der Waals surface area contributed by atoms with E-state index in [-0.39, 0.29) is 22.0 Å². The molecular formula is C19H17N3O4S2. The van der Waals surface area contributed by atoms with Gasteiger partial charge in [-0.2, -0.15) is 4.31 Å². The van der Waals surface area contributed by atoms with Crippen molar-refractivity contribution < 1.29 is 18.3 Å². The summed E-state index contributed by atoms with van der Waals surface area (Å²) >= 11 is 1.64. The molecule has 28 heavy (non-hydrogen) atoms. The number of carbonyl (C=O) groups excluding carboxylic acids is 1. The van der Waals surface area contributed by atoms with Crippen LogP contribution in [0.3, 0.4) is 0 Å². The van der Waals surface area contributed by atoms with Gasteiger partial charge in [-0.1, -0.05) is 6.07 Å². The molecule has 0 atom stereocenters. The third kappa shape index (κ3) is 3.51. The van der Waals surface area contributed by atoms with Gasteiger partial charge in [0.15, 0.2) is 11.6 Å². The van der Waals surface area contributed by atoms with Crippen LogP contribution in [0.15, 0.2) is 58.9 Å². The van der Waals surface area contributed by atoms with E-state index >= 15 is 0 Å². The molecule has 3 aromatic rings. The first-order valence-corrected chi connectivity index (χ1v) is 10.9. The van der Waals surface area contributed by atoms with E-state index in [0.29, 0.717) is 19.5 Å². The van der Waals surface area contributed by atoms with Gasteiger partial charge >= 0.3 is 0 Å². The molecule has 2 N–H and O–H groups in total. The van der Waals surface area contributed by atoms with Gasteiger partial charge in [-0.05, 0) is 53.8 Å². The summed E-state index contributed by atoms with van der Waals surface area (Å²) in [6, 6.07) is 10.8. The fourth-order valence-corrected chi connectivity index (χ4v) is 5.40. The number of sulfonamides is 1. The molecule has 2 aromatic heterocycles. The summed E-state index contributed by atoms with van der Waals surface area (Å²) in [7, 11) is -3.73. The molecule has 1 aliphatic rings. The van der Waals surface area contributed by atoms with E-state index in [1.165, 1.54) is 51.8 Å². The summed E-state index contributed by atoms with van der Waals surface area (Å²) in [6.45, 7) is 0.744. The first-order chi connectivity index (χ1) is 13.4. The fraction of sp³-hybridized carbons (Fsp3) is 0.158. The Balaban J connectivity index is 1.58. The topological polar surface area (TPSA) is 99.6 Å². The van der Waals surface area contributed by atoms with E-state index in [0.717, 1.165) is 5.56 Å². The number of amides is 1. The summed E-state index contributed by atoms with van der Waals surface area (Å²) in [6.07, 6.45) is 2.12. The molecule has 1 amide bonds. The minimum absolute atomic E-state index is 0.0155. The molecule has 1 aliphatic heterocycles. The predicted molar refractivity (Wildman–Crippen MR) is 106 cm³/mol. The highest BCUT2D eigenvalue weighted by molar-refractivity contribution is 7.89. The van der Waals surface area contributed by atoms with Gasteiger partial charge in [-0.3, -0.25) is 4.79 Å². The molecule has 1 aromatic carbocycles. The van der Waals surface area contributed by atoms with Crippen molar-refractivity contribution in [3.63, 3.8) is 0 Å².